The number of amides is 1. The van der Waals surface area contributed by atoms with Gasteiger partial charge in [0.1, 0.15) is 0 Å². The van der Waals surface area contributed by atoms with Gasteiger partial charge in [-0.1, -0.05) is 18.2 Å². The predicted octanol–water partition coefficient (Wildman–Crippen LogP) is 5.12. The molecule has 2 aromatic carbocycles. The highest BCUT2D eigenvalue weighted by molar-refractivity contribution is 5.95. The molecule has 0 aliphatic heterocycles. The van der Waals surface area contributed by atoms with Crippen LogP contribution in [-0.2, 0) is 11.2 Å². The molecule has 4 rings (SSSR count). The van der Waals surface area contributed by atoms with Crippen molar-refractivity contribution >= 4 is 28.4 Å². The lowest BCUT2D eigenvalue weighted by Crippen LogP contribution is -2.13. The highest BCUT2D eigenvalue weighted by atomic mass is 16.1. The van der Waals surface area contributed by atoms with Crippen LogP contribution < -0.4 is 5.32 Å². The van der Waals surface area contributed by atoms with Crippen molar-refractivity contribution < 1.29 is 9.59 Å². The van der Waals surface area contributed by atoms with Crippen molar-refractivity contribution in [1.29, 1.82) is 0 Å². The van der Waals surface area contributed by atoms with Crippen molar-refractivity contribution in [3.05, 3.63) is 82.7 Å². The van der Waals surface area contributed by atoms with E-state index < -0.39 is 0 Å². The molecule has 0 atom stereocenters. The summed E-state index contributed by atoms with van der Waals surface area (Å²) in [4.78, 5) is 28.8. The Hall–Kier alpha value is -3.80. The van der Waals surface area contributed by atoms with Crippen LogP contribution in [0.15, 0.2) is 54.6 Å². The number of ketones is 1. The maximum absolute atomic E-state index is 12.5. The molecule has 0 saturated carbocycles. The number of pyridine rings is 1. The van der Waals surface area contributed by atoms with E-state index in [0.29, 0.717) is 24.1 Å². The zero-order chi connectivity index (χ0) is 22.8. The van der Waals surface area contributed by atoms with Gasteiger partial charge in [0.2, 0.25) is 5.91 Å². The number of Topliss-reactive ketones (excluding diaryl/α,β-unsaturated/α-hetero) is 1. The maximum atomic E-state index is 12.5. The zero-order valence-corrected chi connectivity index (χ0v) is 18.8. The molecule has 0 fully saturated rings. The zero-order valence-electron chi connectivity index (χ0n) is 18.8. The summed E-state index contributed by atoms with van der Waals surface area (Å²) in [6.45, 7) is 7.58. The summed E-state index contributed by atoms with van der Waals surface area (Å²) in [6.07, 6.45) is 0.934. The first-order valence-corrected chi connectivity index (χ1v) is 10.7. The molecule has 162 valence electrons. The van der Waals surface area contributed by atoms with E-state index in [-0.39, 0.29) is 11.7 Å². The third-order valence-corrected chi connectivity index (χ3v) is 5.75. The fraction of sp³-hybridized carbons (Fsp3) is 0.231. The summed E-state index contributed by atoms with van der Waals surface area (Å²) < 4.78 is 1.88. The fourth-order valence-electron chi connectivity index (χ4n) is 4.07. The Balaban J connectivity index is 1.55. The van der Waals surface area contributed by atoms with Crippen LogP contribution in [0.4, 0.5) is 5.69 Å². The van der Waals surface area contributed by atoms with Gasteiger partial charge in [0, 0.05) is 28.8 Å². The third-order valence-electron chi connectivity index (χ3n) is 5.75. The van der Waals surface area contributed by atoms with Gasteiger partial charge in [0.25, 0.3) is 0 Å². The van der Waals surface area contributed by atoms with Crippen LogP contribution in [0.1, 0.15) is 46.2 Å². The number of aryl methyl sites for hydroxylation is 3. The van der Waals surface area contributed by atoms with Crippen LogP contribution in [-0.4, -0.2) is 26.5 Å². The average Bonchev–Trinajstić information content (AvgIpc) is 3.10. The Morgan fingerprint density at radius 3 is 2.28 bits per heavy atom. The number of benzene rings is 2. The van der Waals surface area contributed by atoms with Crippen molar-refractivity contribution in [3.8, 4) is 5.69 Å². The van der Waals surface area contributed by atoms with Gasteiger partial charge in [-0.25, -0.2) is 9.67 Å². The molecule has 0 saturated heterocycles. The van der Waals surface area contributed by atoms with Crippen molar-refractivity contribution in [2.45, 2.75) is 40.5 Å². The van der Waals surface area contributed by atoms with Crippen LogP contribution in [0.3, 0.4) is 0 Å². The Morgan fingerprint density at radius 2 is 1.62 bits per heavy atom. The molecular formula is C26H26N4O2. The SMILES string of the molecule is CC(=O)c1ccc(NC(=O)CCc2c(C)nc3c(c(C)nn3-c3ccccc3)c2C)cc1. The van der Waals surface area contributed by atoms with Crippen LogP contribution >= 0.6 is 0 Å². The second-order valence-electron chi connectivity index (χ2n) is 8.01. The Bertz CT molecular complexity index is 1310. The topological polar surface area (TPSA) is 76.9 Å². The molecule has 1 N–H and O–H groups in total. The number of hydrogen-bond acceptors (Lipinski definition) is 4. The number of aromatic nitrogens is 3. The van der Waals surface area contributed by atoms with Crippen LogP contribution in [0.2, 0.25) is 0 Å². The third kappa shape index (κ3) is 4.17. The Labute approximate surface area is 187 Å². The van der Waals surface area contributed by atoms with Gasteiger partial charge < -0.3 is 5.32 Å². The van der Waals surface area contributed by atoms with E-state index in [4.69, 9.17) is 10.1 Å². The van der Waals surface area contributed by atoms with E-state index >= 15 is 0 Å². The molecule has 0 spiro atoms. The van der Waals surface area contributed by atoms with Gasteiger partial charge in [0.15, 0.2) is 11.4 Å². The first-order chi connectivity index (χ1) is 15.3. The number of para-hydroxylation sites is 1. The molecule has 0 aliphatic rings. The van der Waals surface area contributed by atoms with Gasteiger partial charge >= 0.3 is 0 Å². The second-order valence-corrected chi connectivity index (χ2v) is 8.01. The molecule has 0 radical (unpaired) electrons. The van der Waals surface area contributed by atoms with E-state index in [1.165, 1.54) is 6.92 Å². The van der Waals surface area contributed by atoms with Crippen molar-refractivity contribution in [1.82, 2.24) is 14.8 Å². The second kappa shape index (κ2) is 8.75. The van der Waals surface area contributed by atoms with E-state index in [0.717, 1.165) is 39.2 Å². The lowest BCUT2D eigenvalue weighted by atomic mass is 9.99. The summed E-state index contributed by atoms with van der Waals surface area (Å²) in [5.41, 5.74) is 7.14. The Kier molecular flexibility index (Phi) is 5.86. The number of rotatable bonds is 6. The summed E-state index contributed by atoms with van der Waals surface area (Å²) in [7, 11) is 0. The molecular weight excluding hydrogens is 400 g/mol. The summed E-state index contributed by atoms with van der Waals surface area (Å²) >= 11 is 0. The number of carbonyl (C=O) groups is 2. The number of nitrogens with zero attached hydrogens (tertiary/aromatic N) is 3. The highest BCUT2D eigenvalue weighted by Crippen LogP contribution is 2.28. The van der Waals surface area contributed by atoms with Crippen LogP contribution in [0.5, 0.6) is 0 Å². The van der Waals surface area contributed by atoms with Gasteiger partial charge in [-0.05, 0) is 81.6 Å². The van der Waals surface area contributed by atoms with E-state index in [9.17, 15) is 9.59 Å². The lowest BCUT2D eigenvalue weighted by Gasteiger charge is -2.12. The van der Waals surface area contributed by atoms with E-state index in [2.05, 4.69) is 12.2 Å². The van der Waals surface area contributed by atoms with Gasteiger partial charge in [-0.15, -0.1) is 0 Å². The number of fused-ring (bicyclic) bond motifs is 1. The molecule has 2 heterocycles. The first-order valence-electron chi connectivity index (χ1n) is 10.7. The molecule has 6 nitrogen and oxygen atoms in total. The average molecular weight is 427 g/mol. The minimum Gasteiger partial charge on any atom is -0.326 e. The van der Waals surface area contributed by atoms with Gasteiger partial charge in [0.05, 0.1) is 11.4 Å². The quantitative estimate of drug-likeness (QED) is 0.434. The van der Waals surface area contributed by atoms with Crippen LogP contribution in [0.25, 0.3) is 16.7 Å². The maximum Gasteiger partial charge on any atom is 0.224 e. The molecule has 0 unspecified atom stereocenters. The monoisotopic (exact) mass is 426 g/mol. The molecule has 2 aromatic heterocycles. The van der Waals surface area contributed by atoms with E-state index in [1.54, 1.807) is 24.3 Å². The first kappa shape index (κ1) is 21.4. The standard InChI is InChI=1S/C26H26N4O2/c1-16-23(14-15-24(32)28-21-12-10-20(11-13-21)19(4)31)17(2)27-26-25(16)18(3)29-30(26)22-8-6-5-7-9-22/h5-13H,14-15H2,1-4H3,(H,28,32). The lowest BCUT2D eigenvalue weighted by molar-refractivity contribution is -0.116. The molecule has 4 aromatic rings. The van der Waals surface area contributed by atoms with Crippen molar-refractivity contribution in [2.75, 3.05) is 5.32 Å². The molecule has 6 heteroatoms. The number of carbonyl (C=O) groups excluding carboxylic acids is 2. The summed E-state index contributed by atoms with van der Waals surface area (Å²) in [6, 6.07) is 16.9. The predicted molar refractivity (Wildman–Crippen MR) is 126 cm³/mol. The number of nitrogens with one attached hydrogen (secondary N) is 1. The number of hydrogen-bond donors (Lipinski definition) is 1. The highest BCUT2D eigenvalue weighted by Gasteiger charge is 2.18. The largest absolute Gasteiger partial charge is 0.326 e. The number of anilines is 1. The Morgan fingerprint density at radius 1 is 0.938 bits per heavy atom. The van der Waals surface area contributed by atoms with Crippen molar-refractivity contribution in [3.63, 3.8) is 0 Å². The molecule has 32 heavy (non-hydrogen) atoms. The summed E-state index contributed by atoms with van der Waals surface area (Å²) in [5, 5.41) is 8.67. The van der Waals surface area contributed by atoms with Gasteiger partial charge in [-0.3, -0.25) is 9.59 Å². The summed E-state index contributed by atoms with van der Waals surface area (Å²) in [5.74, 6) is -0.0706. The van der Waals surface area contributed by atoms with Gasteiger partial charge in [-0.2, -0.15) is 5.10 Å². The normalized spacial score (nSPS) is 11.0. The fourth-order valence-corrected chi connectivity index (χ4v) is 4.07. The minimum atomic E-state index is -0.0730. The molecule has 0 bridgehead atoms. The smallest absolute Gasteiger partial charge is 0.224 e. The molecule has 1 amide bonds. The minimum absolute atomic E-state index is 0.00241. The van der Waals surface area contributed by atoms with Crippen LogP contribution in [0, 0.1) is 20.8 Å². The van der Waals surface area contributed by atoms with Crippen molar-refractivity contribution in [2.24, 2.45) is 0 Å². The van der Waals surface area contributed by atoms with E-state index in [1.807, 2.05) is 48.9 Å². The molecule has 0 aliphatic carbocycles.